The van der Waals surface area contributed by atoms with Crippen molar-refractivity contribution in [2.24, 2.45) is 5.73 Å². The Morgan fingerprint density at radius 2 is 1.79 bits per heavy atom. The van der Waals surface area contributed by atoms with Crippen LogP contribution in [0.25, 0.3) is 23.1 Å². The molecular formula is C22H20N6O. The lowest BCUT2D eigenvalue weighted by Gasteiger charge is -2.08. The molecule has 0 aliphatic rings. The maximum absolute atomic E-state index is 12.2. The van der Waals surface area contributed by atoms with Gasteiger partial charge in [0.15, 0.2) is 0 Å². The van der Waals surface area contributed by atoms with Crippen LogP contribution in [0.15, 0.2) is 66.9 Å². The monoisotopic (exact) mass is 384 g/mol. The van der Waals surface area contributed by atoms with Crippen molar-refractivity contribution in [3.05, 3.63) is 83.8 Å². The standard InChI is InChI=1S/C22H20N6O/c23-14-15-4-6-17(7-5-15)25-22(29)26-18-8-10-19-20(27-28-21(19)13-18)11-9-16-3-1-2-12-24-16/h1-13H,14,23H2,(H,27,28)(H2,25,26,29)/b11-9+. The summed E-state index contributed by atoms with van der Waals surface area (Å²) in [6.45, 7) is 0.468. The van der Waals surface area contributed by atoms with Gasteiger partial charge in [0.25, 0.3) is 0 Å². The fourth-order valence-corrected chi connectivity index (χ4v) is 2.90. The Bertz CT molecular complexity index is 1150. The lowest BCUT2D eigenvalue weighted by atomic mass is 10.1. The van der Waals surface area contributed by atoms with Gasteiger partial charge in [-0.25, -0.2) is 4.79 Å². The summed E-state index contributed by atoms with van der Waals surface area (Å²) in [4.78, 5) is 16.5. The molecule has 0 saturated carbocycles. The number of H-pyrrole nitrogens is 1. The molecule has 29 heavy (non-hydrogen) atoms. The van der Waals surface area contributed by atoms with Gasteiger partial charge in [-0.3, -0.25) is 10.1 Å². The predicted octanol–water partition coefficient (Wildman–Crippen LogP) is 4.23. The average Bonchev–Trinajstić information content (AvgIpc) is 3.15. The number of nitrogens with zero attached hydrogens (tertiary/aromatic N) is 2. The Kier molecular flexibility index (Phi) is 5.31. The molecular weight excluding hydrogens is 364 g/mol. The third-order valence-corrected chi connectivity index (χ3v) is 4.40. The molecule has 7 heteroatoms. The van der Waals surface area contributed by atoms with Crippen molar-refractivity contribution in [2.75, 3.05) is 10.6 Å². The molecule has 0 spiro atoms. The molecule has 2 heterocycles. The van der Waals surface area contributed by atoms with E-state index >= 15 is 0 Å². The Morgan fingerprint density at radius 3 is 2.55 bits per heavy atom. The first-order valence-corrected chi connectivity index (χ1v) is 9.15. The van der Waals surface area contributed by atoms with E-state index in [1.165, 1.54) is 0 Å². The van der Waals surface area contributed by atoms with Crippen LogP contribution in [0.3, 0.4) is 0 Å². The molecule has 0 aliphatic heterocycles. The van der Waals surface area contributed by atoms with Crippen LogP contribution >= 0.6 is 0 Å². The van der Waals surface area contributed by atoms with Crippen LogP contribution in [0.5, 0.6) is 0 Å². The van der Waals surface area contributed by atoms with E-state index < -0.39 is 0 Å². The summed E-state index contributed by atoms with van der Waals surface area (Å²) in [5, 5.41) is 13.9. The number of pyridine rings is 1. The zero-order valence-electron chi connectivity index (χ0n) is 15.6. The number of rotatable bonds is 5. The van der Waals surface area contributed by atoms with Crippen molar-refractivity contribution in [3.63, 3.8) is 0 Å². The van der Waals surface area contributed by atoms with E-state index in [1.54, 1.807) is 6.20 Å². The zero-order chi connectivity index (χ0) is 20.1. The number of carbonyl (C=O) groups is 1. The zero-order valence-corrected chi connectivity index (χ0v) is 15.6. The maximum atomic E-state index is 12.2. The Morgan fingerprint density at radius 1 is 1.00 bits per heavy atom. The maximum Gasteiger partial charge on any atom is 0.323 e. The summed E-state index contributed by atoms with van der Waals surface area (Å²) >= 11 is 0. The third kappa shape index (κ3) is 4.48. The molecule has 0 fully saturated rings. The minimum atomic E-state index is -0.320. The van der Waals surface area contributed by atoms with Crippen LogP contribution in [0.4, 0.5) is 16.2 Å². The second-order valence-corrected chi connectivity index (χ2v) is 6.44. The molecule has 0 radical (unpaired) electrons. The van der Waals surface area contributed by atoms with Gasteiger partial charge in [0.1, 0.15) is 0 Å². The number of hydrogen-bond acceptors (Lipinski definition) is 4. The number of hydrogen-bond donors (Lipinski definition) is 4. The smallest absolute Gasteiger partial charge is 0.323 e. The molecule has 4 aromatic rings. The Labute approximate surface area is 167 Å². The SMILES string of the molecule is NCc1ccc(NC(=O)Nc2ccc3c(/C=C/c4ccccn4)n[nH]c3c2)cc1. The van der Waals surface area contributed by atoms with Gasteiger partial charge in [-0.15, -0.1) is 0 Å². The van der Waals surface area contributed by atoms with Crippen molar-refractivity contribution in [1.29, 1.82) is 0 Å². The fourth-order valence-electron chi connectivity index (χ4n) is 2.90. The number of fused-ring (bicyclic) bond motifs is 1. The van der Waals surface area contributed by atoms with Crippen LogP contribution in [-0.4, -0.2) is 21.2 Å². The number of benzene rings is 2. The highest BCUT2D eigenvalue weighted by molar-refractivity contribution is 6.01. The van der Waals surface area contributed by atoms with E-state index in [0.29, 0.717) is 17.9 Å². The molecule has 0 bridgehead atoms. The number of urea groups is 1. The van der Waals surface area contributed by atoms with Gasteiger partial charge < -0.3 is 16.4 Å². The number of aromatic nitrogens is 3. The van der Waals surface area contributed by atoms with Crippen LogP contribution in [0, 0.1) is 0 Å². The highest BCUT2D eigenvalue weighted by atomic mass is 16.2. The Hall–Kier alpha value is -3.97. The van der Waals surface area contributed by atoms with Gasteiger partial charge in [-0.1, -0.05) is 18.2 Å². The summed E-state index contributed by atoms with van der Waals surface area (Å²) < 4.78 is 0. The minimum Gasteiger partial charge on any atom is -0.326 e. The lowest BCUT2D eigenvalue weighted by molar-refractivity contribution is 0.262. The summed E-state index contributed by atoms with van der Waals surface area (Å²) in [5.41, 5.74) is 10.5. The van der Waals surface area contributed by atoms with E-state index in [-0.39, 0.29) is 6.03 Å². The van der Waals surface area contributed by atoms with E-state index in [9.17, 15) is 4.79 Å². The first-order chi connectivity index (χ1) is 14.2. The summed E-state index contributed by atoms with van der Waals surface area (Å²) in [6.07, 6.45) is 5.56. The summed E-state index contributed by atoms with van der Waals surface area (Å²) in [6, 6.07) is 18.4. The number of carbonyl (C=O) groups excluding carboxylic acids is 1. The molecule has 0 atom stereocenters. The normalized spacial score (nSPS) is 11.1. The highest BCUT2D eigenvalue weighted by Gasteiger charge is 2.07. The molecule has 4 rings (SSSR count). The second-order valence-electron chi connectivity index (χ2n) is 6.44. The minimum absolute atomic E-state index is 0.320. The van der Waals surface area contributed by atoms with Crippen molar-refractivity contribution in [3.8, 4) is 0 Å². The highest BCUT2D eigenvalue weighted by Crippen LogP contribution is 2.22. The van der Waals surface area contributed by atoms with Gasteiger partial charge in [-0.2, -0.15) is 5.10 Å². The molecule has 5 N–H and O–H groups in total. The van der Waals surface area contributed by atoms with E-state index in [1.807, 2.05) is 72.8 Å². The van der Waals surface area contributed by atoms with E-state index in [4.69, 9.17) is 5.73 Å². The van der Waals surface area contributed by atoms with Gasteiger partial charge in [-0.05, 0) is 60.2 Å². The summed E-state index contributed by atoms with van der Waals surface area (Å²) in [7, 11) is 0. The number of amides is 2. The molecule has 7 nitrogen and oxygen atoms in total. The molecule has 0 aliphatic carbocycles. The largest absolute Gasteiger partial charge is 0.326 e. The van der Waals surface area contributed by atoms with Gasteiger partial charge in [0.05, 0.1) is 16.9 Å². The van der Waals surface area contributed by atoms with Crippen molar-refractivity contribution < 1.29 is 4.79 Å². The van der Waals surface area contributed by atoms with Crippen LogP contribution in [0.1, 0.15) is 17.0 Å². The quantitative estimate of drug-likeness (QED) is 0.413. The molecule has 0 saturated heterocycles. The topological polar surface area (TPSA) is 109 Å². The molecule has 2 aromatic heterocycles. The molecule has 0 unspecified atom stereocenters. The second kappa shape index (κ2) is 8.37. The van der Waals surface area contributed by atoms with Gasteiger partial charge >= 0.3 is 6.03 Å². The molecule has 144 valence electrons. The summed E-state index contributed by atoms with van der Waals surface area (Å²) in [5.74, 6) is 0. The number of nitrogens with two attached hydrogens (primary N) is 1. The number of nitrogens with one attached hydrogen (secondary N) is 3. The first kappa shape index (κ1) is 18.4. The average molecular weight is 384 g/mol. The van der Waals surface area contributed by atoms with Crippen LogP contribution < -0.4 is 16.4 Å². The first-order valence-electron chi connectivity index (χ1n) is 9.15. The Balaban J connectivity index is 1.45. The number of aromatic amines is 1. The van der Waals surface area contributed by atoms with Gasteiger partial charge in [0, 0.05) is 29.5 Å². The molecule has 2 amide bonds. The van der Waals surface area contributed by atoms with Crippen molar-refractivity contribution in [2.45, 2.75) is 6.54 Å². The third-order valence-electron chi connectivity index (χ3n) is 4.40. The van der Waals surface area contributed by atoms with E-state index in [0.717, 1.165) is 27.9 Å². The number of anilines is 2. The lowest BCUT2D eigenvalue weighted by Crippen LogP contribution is -2.19. The van der Waals surface area contributed by atoms with Crippen LogP contribution in [-0.2, 0) is 6.54 Å². The van der Waals surface area contributed by atoms with Crippen molar-refractivity contribution >= 4 is 40.5 Å². The predicted molar refractivity (Wildman–Crippen MR) is 116 cm³/mol. The molecule has 2 aromatic carbocycles. The fraction of sp³-hybridized carbons (Fsp3) is 0.0455. The van der Waals surface area contributed by atoms with Crippen LogP contribution in [0.2, 0.25) is 0 Å². The van der Waals surface area contributed by atoms with Gasteiger partial charge in [0.2, 0.25) is 0 Å². The van der Waals surface area contributed by atoms with Crippen molar-refractivity contribution in [1.82, 2.24) is 15.2 Å². The van der Waals surface area contributed by atoms with E-state index in [2.05, 4.69) is 25.8 Å².